The second-order valence-corrected chi connectivity index (χ2v) is 6.92. The van der Waals surface area contributed by atoms with Gasteiger partial charge in [-0.2, -0.15) is 5.26 Å². The van der Waals surface area contributed by atoms with Gasteiger partial charge in [0, 0.05) is 18.8 Å². The van der Waals surface area contributed by atoms with E-state index in [0.717, 1.165) is 43.0 Å². The topological polar surface area (TPSA) is 65.4 Å². The van der Waals surface area contributed by atoms with Gasteiger partial charge in [0.1, 0.15) is 11.6 Å². The molecule has 1 heterocycles. The van der Waals surface area contributed by atoms with Crippen molar-refractivity contribution >= 4 is 17.7 Å². The lowest BCUT2D eigenvalue weighted by atomic mass is 10.0. The zero-order chi connectivity index (χ0) is 19.9. The van der Waals surface area contributed by atoms with Crippen LogP contribution in [0.2, 0.25) is 0 Å². The maximum absolute atomic E-state index is 12.5. The molecule has 3 rings (SSSR count). The monoisotopic (exact) mass is 375 g/mol. The highest BCUT2D eigenvalue weighted by molar-refractivity contribution is 6.01. The summed E-state index contributed by atoms with van der Waals surface area (Å²) >= 11 is 0. The van der Waals surface area contributed by atoms with E-state index in [4.69, 9.17) is 4.74 Å². The number of anilines is 1. The van der Waals surface area contributed by atoms with Gasteiger partial charge in [0.05, 0.1) is 19.3 Å². The van der Waals surface area contributed by atoms with Crippen molar-refractivity contribution in [3.05, 3.63) is 70.8 Å². The molecule has 5 nitrogen and oxygen atoms in total. The molecule has 28 heavy (non-hydrogen) atoms. The van der Waals surface area contributed by atoms with E-state index in [9.17, 15) is 10.1 Å². The van der Waals surface area contributed by atoms with Crippen LogP contribution >= 0.6 is 0 Å². The van der Waals surface area contributed by atoms with Gasteiger partial charge in [-0.15, -0.1) is 0 Å². The average molecular weight is 375 g/mol. The fraction of sp³-hybridized carbons (Fsp3) is 0.304. The summed E-state index contributed by atoms with van der Waals surface area (Å²) in [7, 11) is 0. The third-order valence-corrected chi connectivity index (χ3v) is 4.90. The van der Waals surface area contributed by atoms with Crippen molar-refractivity contribution < 1.29 is 9.53 Å². The Labute approximate surface area is 166 Å². The summed E-state index contributed by atoms with van der Waals surface area (Å²) in [6.45, 7) is 7.17. The van der Waals surface area contributed by atoms with Gasteiger partial charge < -0.3 is 15.0 Å². The van der Waals surface area contributed by atoms with Gasteiger partial charge in [0.2, 0.25) is 0 Å². The maximum Gasteiger partial charge on any atom is 0.262 e. The van der Waals surface area contributed by atoms with Gasteiger partial charge in [0.15, 0.2) is 0 Å². The standard InChI is InChI=1S/C23H25N3O2/c1-17-14-19(8-9-22(17)26-10-12-28-13-11-26)15-21(16-24)23(27)25-18(2)20-6-4-3-5-7-20/h3-9,14-15,18H,10-13H2,1-2H3,(H,25,27)/b21-15-/t18-/m0/s1. The predicted octanol–water partition coefficient (Wildman–Crippen LogP) is 3.62. The molecule has 1 N–H and O–H groups in total. The third kappa shape index (κ3) is 4.79. The van der Waals surface area contributed by atoms with Crippen LogP contribution in [-0.4, -0.2) is 32.2 Å². The van der Waals surface area contributed by atoms with E-state index in [1.54, 1.807) is 6.08 Å². The first-order chi connectivity index (χ1) is 13.6. The molecule has 144 valence electrons. The van der Waals surface area contributed by atoms with Crippen LogP contribution in [-0.2, 0) is 9.53 Å². The molecule has 0 unspecified atom stereocenters. The Morgan fingerprint density at radius 1 is 1.21 bits per heavy atom. The molecule has 1 amide bonds. The number of hydrogen-bond acceptors (Lipinski definition) is 4. The molecule has 0 aliphatic carbocycles. The summed E-state index contributed by atoms with van der Waals surface area (Å²) in [5.41, 5.74) is 4.22. The van der Waals surface area contributed by atoms with E-state index in [1.165, 1.54) is 5.69 Å². The Balaban J connectivity index is 1.73. The van der Waals surface area contributed by atoms with Gasteiger partial charge in [-0.3, -0.25) is 4.79 Å². The number of morpholine rings is 1. The second-order valence-electron chi connectivity index (χ2n) is 6.92. The number of benzene rings is 2. The summed E-state index contributed by atoms with van der Waals surface area (Å²) in [6.07, 6.45) is 1.64. The van der Waals surface area contributed by atoms with E-state index < -0.39 is 0 Å². The fourth-order valence-electron chi connectivity index (χ4n) is 3.34. The number of amides is 1. The minimum atomic E-state index is -0.367. The van der Waals surface area contributed by atoms with Crippen molar-refractivity contribution in [3.8, 4) is 6.07 Å². The van der Waals surface area contributed by atoms with Crippen LogP contribution in [0, 0.1) is 18.3 Å². The fourth-order valence-corrected chi connectivity index (χ4v) is 3.34. The van der Waals surface area contributed by atoms with Gasteiger partial charge in [-0.25, -0.2) is 0 Å². The predicted molar refractivity (Wildman–Crippen MR) is 111 cm³/mol. The molecule has 1 atom stereocenters. The zero-order valence-corrected chi connectivity index (χ0v) is 16.3. The molecule has 1 aliphatic rings. The Hall–Kier alpha value is -3.10. The molecular weight excluding hydrogens is 350 g/mol. The highest BCUT2D eigenvalue weighted by Gasteiger charge is 2.15. The number of hydrogen-bond donors (Lipinski definition) is 1. The molecule has 0 radical (unpaired) electrons. The summed E-state index contributed by atoms with van der Waals surface area (Å²) in [5.74, 6) is -0.367. The summed E-state index contributed by atoms with van der Waals surface area (Å²) in [6, 6.07) is 17.6. The first kappa shape index (κ1) is 19.7. The minimum absolute atomic E-state index is 0.0984. The Morgan fingerprint density at radius 3 is 2.57 bits per heavy atom. The smallest absolute Gasteiger partial charge is 0.262 e. The second kappa shape index (κ2) is 9.20. The number of carbonyl (C=O) groups excluding carboxylic acids is 1. The lowest BCUT2D eigenvalue weighted by molar-refractivity contribution is -0.117. The van der Waals surface area contributed by atoms with Crippen LogP contribution in [0.3, 0.4) is 0 Å². The van der Waals surface area contributed by atoms with Gasteiger partial charge in [0.25, 0.3) is 5.91 Å². The molecule has 0 spiro atoms. The molecule has 1 fully saturated rings. The number of carbonyl (C=O) groups is 1. The summed E-state index contributed by atoms with van der Waals surface area (Å²) in [5, 5.41) is 12.4. The van der Waals surface area contributed by atoms with E-state index in [1.807, 2.05) is 68.4 Å². The van der Waals surface area contributed by atoms with Crippen LogP contribution in [0.25, 0.3) is 6.08 Å². The lowest BCUT2D eigenvalue weighted by Gasteiger charge is -2.30. The van der Waals surface area contributed by atoms with Crippen LogP contribution < -0.4 is 10.2 Å². The van der Waals surface area contributed by atoms with Crippen molar-refractivity contribution in [2.45, 2.75) is 19.9 Å². The molecule has 5 heteroatoms. The number of nitriles is 1. The van der Waals surface area contributed by atoms with Crippen molar-refractivity contribution in [3.63, 3.8) is 0 Å². The molecule has 1 saturated heterocycles. The lowest BCUT2D eigenvalue weighted by Crippen LogP contribution is -2.36. The van der Waals surface area contributed by atoms with Gasteiger partial charge in [-0.1, -0.05) is 36.4 Å². The normalized spacial score (nSPS) is 15.6. The first-order valence-corrected chi connectivity index (χ1v) is 9.49. The summed E-state index contributed by atoms with van der Waals surface area (Å²) < 4.78 is 5.41. The van der Waals surface area contributed by atoms with E-state index in [-0.39, 0.29) is 17.5 Å². The molecule has 1 aliphatic heterocycles. The molecule has 0 saturated carbocycles. The van der Waals surface area contributed by atoms with Crippen molar-refractivity contribution in [2.24, 2.45) is 0 Å². The quantitative estimate of drug-likeness (QED) is 0.640. The molecular formula is C23H25N3O2. The van der Waals surface area contributed by atoms with Gasteiger partial charge >= 0.3 is 0 Å². The van der Waals surface area contributed by atoms with E-state index >= 15 is 0 Å². The number of nitrogens with zero attached hydrogens (tertiary/aromatic N) is 2. The van der Waals surface area contributed by atoms with Crippen LogP contribution in [0.5, 0.6) is 0 Å². The number of aryl methyl sites for hydroxylation is 1. The minimum Gasteiger partial charge on any atom is -0.378 e. The van der Waals surface area contributed by atoms with Crippen molar-refractivity contribution in [2.75, 3.05) is 31.2 Å². The number of ether oxygens (including phenoxy) is 1. The molecule has 2 aromatic carbocycles. The molecule has 0 aromatic heterocycles. The highest BCUT2D eigenvalue weighted by Crippen LogP contribution is 2.23. The Bertz CT molecular complexity index is 894. The average Bonchev–Trinajstić information content (AvgIpc) is 2.73. The van der Waals surface area contributed by atoms with Crippen molar-refractivity contribution in [1.82, 2.24) is 5.32 Å². The number of nitrogens with one attached hydrogen (secondary N) is 1. The maximum atomic E-state index is 12.5. The molecule has 2 aromatic rings. The largest absolute Gasteiger partial charge is 0.378 e. The Morgan fingerprint density at radius 2 is 1.93 bits per heavy atom. The summed E-state index contributed by atoms with van der Waals surface area (Å²) in [4.78, 5) is 14.8. The van der Waals surface area contributed by atoms with Crippen LogP contribution in [0.15, 0.2) is 54.1 Å². The molecule has 0 bridgehead atoms. The first-order valence-electron chi connectivity index (χ1n) is 9.49. The van der Waals surface area contributed by atoms with Gasteiger partial charge in [-0.05, 0) is 48.7 Å². The van der Waals surface area contributed by atoms with E-state index in [0.29, 0.717) is 0 Å². The van der Waals surface area contributed by atoms with Crippen LogP contribution in [0.4, 0.5) is 5.69 Å². The van der Waals surface area contributed by atoms with Crippen LogP contribution in [0.1, 0.15) is 29.7 Å². The number of rotatable bonds is 5. The third-order valence-electron chi connectivity index (χ3n) is 4.90. The Kier molecular flexibility index (Phi) is 6.46. The van der Waals surface area contributed by atoms with Crippen molar-refractivity contribution in [1.29, 1.82) is 5.26 Å². The highest BCUT2D eigenvalue weighted by atomic mass is 16.5. The zero-order valence-electron chi connectivity index (χ0n) is 16.3. The SMILES string of the molecule is Cc1cc(/C=C(/C#N)C(=O)N[C@@H](C)c2ccccc2)ccc1N1CCOCC1. The van der Waals surface area contributed by atoms with E-state index in [2.05, 4.69) is 10.2 Å².